The largest absolute Gasteiger partial charge is 0.496 e. The molecule has 76 valence electrons. The van der Waals surface area contributed by atoms with Crippen LogP contribution in [-0.4, -0.2) is 13.3 Å². The summed E-state index contributed by atoms with van der Waals surface area (Å²) in [4.78, 5) is 16.2. The van der Waals surface area contributed by atoms with Gasteiger partial charge in [-0.2, -0.15) is 9.59 Å². The van der Waals surface area contributed by atoms with E-state index in [1.165, 1.54) is 5.56 Å². The minimum atomic E-state index is 0.250. The van der Waals surface area contributed by atoms with Crippen LogP contribution >= 0.6 is 0 Å². The van der Waals surface area contributed by atoms with Gasteiger partial charge in [-0.3, -0.25) is 0 Å². The molecule has 1 rings (SSSR count). The van der Waals surface area contributed by atoms with Gasteiger partial charge >= 0.3 is 6.15 Å². The average Bonchev–Trinajstić information content (AvgIpc) is 2.19. The van der Waals surface area contributed by atoms with Gasteiger partial charge in [0.05, 0.1) is 7.11 Å². The molecule has 0 spiro atoms. The van der Waals surface area contributed by atoms with Crippen LogP contribution in [0.3, 0.4) is 0 Å². The van der Waals surface area contributed by atoms with Crippen molar-refractivity contribution in [2.45, 2.75) is 19.8 Å². The number of hydrogen-bond acceptors (Lipinski definition) is 3. The van der Waals surface area contributed by atoms with E-state index in [1.54, 1.807) is 7.11 Å². The zero-order chi connectivity index (χ0) is 11.0. The van der Waals surface area contributed by atoms with E-state index >= 15 is 0 Å². The van der Waals surface area contributed by atoms with Crippen molar-refractivity contribution in [3.8, 4) is 5.75 Å². The molecule has 1 aromatic rings. The molecule has 0 saturated carbocycles. The molecule has 0 amide bonds. The highest BCUT2D eigenvalue weighted by Gasteiger charge is 2.03. The second-order valence-electron chi connectivity index (χ2n) is 2.98. The second kappa shape index (κ2) is 6.87. The van der Waals surface area contributed by atoms with Crippen molar-refractivity contribution < 1.29 is 14.3 Å². The number of hydrogen-bond donors (Lipinski definition) is 0. The molecule has 0 aliphatic carbocycles. The summed E-state index contributed by atoms with van der Waals surface area (Å²) in [6, 6.07) is 8.13. The monoisotopic (exact) mass is 194 g/mol. The van der Waals surface area contributed by atoms with Crippen LogP contribution in [0.1, 0.15) is 25.3 Å². The molecular weight excluding hydrogens is 180 g/mol. The third-order valence-corrected chi connectivity index (χ3v) is 1.76. The summed E-state index contributed by atoms with van der Waals surface area (Å²) < 4.78 is 5.21. The molecule has 0 unspecified atom stereocenters. The third-order valence-electron chi connectivity index (χ3n) is 1.76. The molecule has 0 aliphatic rings. The first-order valence-corrected chi connectivity index (χ1v) is 4.29. The van der Waals surface area contributed by atoms with E-state index in [4.69, 9.17) is 14.3 Å². The molecule has 3 nitrogen and oxygen atoms in total. The molecule has 0 aromatic heterocycles. The molecule has 0 fully saturated rings. The minimum Gasteiger partial charge on any atom is -0.496 e. The molecule has 0 aliphatic heterocycles. The van der Waals surface area contributed by atoms with Gasteiger partial charge in [0.25, 0.3) is 0 Å². The first-order valence-electron chi connectivity index (χ1n) is 4.29. The van der Waals surface area contributed by atoms with Gasteiger partial charge in [0.1, 0.15) is 5.75 Å². The molecule has 0 bridgehead atoms. The number of rotatable bonds is 2. The summed E-state index contributed by atoms with van der Waals surface area (Å²) in [5.41, 5.74) is 1.27. The van der Waals surface area contributed by atoms with Crippen LogP contribution in [0.4, 0.5) is 0 Å². The molecule has 0 N–H and O–H groups in total. The van der Waals surface area contributed by atoms with Crippen molar-refractivity contribution >= 4 is 6.15 Å². The average molecular weight is 194 g/mol. The van der Waals surface area contributed by atoms with E-state index < -0.39 is 0 Å². The van der Waals surface area contributed by atoms with Crippen LogP contribution in [0.25, 0.3) is 0 Å². The fourth-order valence-electron chi connectivity index (χ4n) is 1.14. The summed E-state index contributed by atoms with van der Waals surface area (Å²) in [6.07, 6.45) is 0.250. The summed E-state index contributed by atoms with van der Waals surface area (Å²) in [5.74, 6) is 1.52. The molecule has 0 radical (unpaired) electrons. The smallest absolute Gasteiger partial charge is 0.373 e. The highest BCUT2D eigenvalue weighted by molar-refractivity contribution is 5.35. The number of benzene rings is 1. The van der Waals surface area contributed by atoms with Crippen LogP contribution in [0.5, 0.6) is 5.75 Å². The minimum absolute atomic E-state index is 0.250. The Morgan fingerprint density at radius 3 is 2.07 bits per heavy atom. The Morgan fingerprint density at radius 2 is 1.71 bits per heavy atom. The van der Waals surface area contributed by atoms with Crippen molar-refractivity contribution in [3.05, 3.63) is 29.8 Å². The number of carbonyl (C=O) groups excluding carboxylic acids is 2. The van der Waals surface area contributed by atoms with Gasteiger partial charge in [-0.05, 0) is 17.5 Å². The SMILES string of the molecule is COc1ccccc1C(C)C.O=C=O. The Kier molecular flexibility index (Phi) is 6.08. The van der Waals surface area contributed by atoms with E-state index in [-0.39, 0.29) is 6.15 Å². The molecule has 3 heteroatoms. The number of ether oxygens (including phenoxy) is 1. The maximum atomic E-state index is 8.12. The van der Waals surface area contributed by atoms with Crippen LogP contribution < -0.4 is 4.74 Å². The zero-order valence-electron chi connectivity index (χ0n) is 8.61. The standard InChI is InChI=1S/C10H14O.CO2/c1-8(2)9-6-4-5-7-10(9)11-3;2-1-3/h4-8H,1-3H3;. The second-order valence-corrected chi connectivity index (χ2v) is 2.98. The molecule has 1 aromatic carbocycles. The van der Waals surface area contributed by atoms with Crippen LogP contribution in [0.15, 0.2) is 24.3 Å². The van der Waals surface area contributed by atoms with Crippen molar-refractivity contribution in [2.24, 2.45) is 0 Å². The van der Waals surface area contributed by atoms with E-state index in [9.17, 15) is 0 Å². The van der Waals surface area contributed by atoms with Gasteiger partial charge in [-0.1, -0.05) is 32.0 Å². The predicted molar refractivity (Wildman–Crippen MR) is 52.1 cm³/mol. The van der Waals surface area contributed by atoms with E-state index in [1.807, 2.05) is 18.2 Å². The quantitative estimate of drug-likeness (QED) is 0.725. The fourth-order valence-corrected chi connectivity index (χ4v) is 1.14. The molecule has 0 atom stereocenters. The van der Waals surface area contributed by atoms with Gasteiger partial charge < -0.3 is 4.74 Å². The van der Waals surface area contributed by atoms with Gasteiger partial charge in [0.2, 0.25) is 0 Å². The topological polar surface area (TPSA) is 43.4 Å². The molecule has 0 saturated heterocycles. The zero-order valence-corrected chi connectivity index (χ0v) is 8.61. The Bertz CT molecular complexity index is 299. The first kappa shape index (κ1) is 12.4. The number of para-hydroxylation sites is 1. The van der Waals surface area contributed by atoms with Crippen LogP contribution in [-0.2, 0) is 9.59 Å². The maximum Gasteiger partial charge on any atom is 0.373 e. The maximum absolute atomic E-state index is 8.12. The summed E-state index contributed by atoms with van der Waals surface area (Å²) >= 11 is 0. The first-order chi connectivity index (χ1) is 6.67. The third kappa shape index (κ3) is 3.87. The van der Waals surface area contributed by atoms with Crippen molar-refractivity contribution in [1.29, 1.82) is 0 Å². The summed E-state index contributed by atoms with van der Waals surface area (Å²) in [5, 5.41) is 0. The highest BCUT2D eigenvalue weighted by atomic mass is 16.5. The van der Waals surface area contributed by atoms with E-state index in [2.05, 4.69) is 19.9 Å². The van der Waals surface area contributed by atoms with Gasteiger partial charge in [-0.25, -0.2) is 0 Å². The summed E-state index contributed by atoms with van der Waals surface area (Å²) in [6.45, 7) is 4.33. The lowest BCUT2D eigenvalue weighted by atomic mass is 10.0. The Morgan fingerprint density at radius 1 is 1.21 bits per heavy atom. The predicted octanol–water partition coefficient (Wildman–Crippen LogP) is 2.24. The highest BCUT2D eigenvalue weighted by Crippen LogP contribution is 2.24. The lowest BCUT2D eigenvalue weighted by Crippen LogP contribution is -1.92. The summed E-state index contributed by atoms with van der Waals surface area (Å²) in [7, 11) is 1.71. The Balaban J connectivity index is 0.000000500. The van der Waals surface area contributed by atoms with Gasteiger partial charge in [0, 0.05) is 0 Å². The van der Waals surface area contributed by atoms with Crippen LogP contribution in [0.2, 0.25) is 0 Å². The lowest BCUT2D eigenvalue weighted by molar-refractivity contribution is -0.191. The fraction of sp³-hybridized carbons (Fsp3) is 0.364. The Hall–Kier alpha value is -1.60. The van der Waals surface area contributed by atoms with Gasteiger partial charge in [0.15, 0.2) is 0 Å². The normalized spacial score (nSPS) is 8.57. The number of methoxy groups -OCH3 is 1. The van der Waals surface area contributed by atoms with E-state index in [0.717, 1.165) is 5.75 Å². The van der Waals surface area contributed by atoms with Crippen LogP contribution in [0, 0.1) is 0 Å². The van der Waals surface area contributed by atoms with Gasteiger partial charge in [-0.15, -0.1) is 0 Å². The van der Waals surface area contributed by atoms with Crippen molar-refractivity contribution in [2.75, 3.05) is 7.11 Å². The molecule has 14 heavy (non-hydrogen) atoms. The van der Waals surface area contributed by atoms with E-state index in [0.29, 0.717) is 5.92 Å². The Labute approximate surface area is 83.7 Å². The lowest BCUT2D eigenvalue weighted by Gasteiger charge is -2.10. The van der Waals surface area contributed by atoms with Crippen molar-refractivity contribution in [3.63, 3.8) is 0 Å². The van der Waals surface area contributed by atoms with Crippen molar-refractivity contribution in [1.82, 2.24) is 0 Å². The molecular formula is C11H14O3. The molecule has 0 heterocycles.